The van der Waals surface area contributed by atoms with Gasteiger partial charge in [0.2, 0.25) is 0 Å². The number of hydrogen-bond donors (Lipinski definition) is 1. The maximum atomic E-state index is 7.76. The van der Waals surface area contributed by atoms with Crippen molar-refractivity contribution >= 4 is 10.2 Å². The lowest BCUT2D eigenvalue weighted by Gasteiger charge is -1.60. The van der Waals surface area contributed by atoms with Crippen molar-refractivity contribution in [2.45, 2.75) is 6.04 Å². The quantitative estimate of drug-likeness (QED) is 0.416. The summed E-state index contributed by atoms with van der Waals surface area (Å²) in [5.74, 6) is 0. The molecule has 8 heavy (non-hydrogen) atoms. The van der Waals surface area contributed by atoms with Gasteiger partial charge in [0.1, 0.15) is 0 Å². The lowest BCUT2D eigenvalue weighted by molar-refractivity contribution is 0.343. The van der Waals surface area contributed by atoms with Crippen molar-refractivity contribution in [1.29, 1.82) is 0 Å². The summed E-state index contributed by atoms with van der Waals surface area (Å²) in [6, 6.07) is 1.22. The average molecular weight is 130 g/mol. The van der Waals surface area contributed by atoms with Crippen molar-refractivity contribution in [1.82, 2.24) is 0 Å². The van der Waals surface area contributed by atoms with Crippen LogP contribution in [0.15, 0.2) is 25.3 Å². The van der Waals surface area contributed by atoms with Gasteiger partial charge in [0.25, 0.3) is 0 Å². The minimum absolute atomic E-state index is 0.0833. The van der Waals surface area contributed by atoms with Crippen molar-refractivity contribution in [2.75, 3.05) is 6.61 Å². The van der Waals surface area contributed by atoms with Crippen molar-refractivity contribution in [3.63, 3.8) is 0 Å². The van der Waals surface area contributed by atoms with Crippen molar-refractivity contribution < 1.29 is 5.11 Å². The molecule has 1 N–H and O–H groups in total. The van der Waals surface area contributed by atoms with Gasteiger partial charge in [-0.3, -0.25) is 0 Å². The van der Waals surface area contributed by atoms with Gasteiger partial charge in [0.05, 0.1) is 6.61 Å². The number of allylic oxidation sites excluding steroid dienone is 1. The highest BCUT2D eigenvalue weighted by Crippen LogP contribution is 1.61. The van der Waals surface area contributed by atoms with Crippen molar-refractivity contribution in [2.24, 2.45) is 0 Å². The van der Waals surface area contributed by atoms with Crippen LogP contribution in [0.5, 0.6) is 0 Å². The minimum Gasteiger partial charge on any atom is -0.392 e. The van der Waals surface area contributed by atoms with Gasteiger partial charge in [-0.1, -0.05) is 12.2 Å². The summed E-state index contributed by atoms with van der Waals surface area (Å²) in [5, 5.41) is 7.76. The highest BCUT2D eigenvalue weighted by molar-refractivity contribution is 6.09. The van der Waals surface area contributed by atoms with Crippen LogP contribution in [0.3, 0.4) is 0 Å². The highest BCUT2D eigenvalue weighted by Gasteiger charge is 1.46. The van der Waals surface area contributed by atoms with Gasteiger partial charge in [-0.2, -0.15) is 0 Å². The molecular weight excluding hydrogens is 116 g/mol. The zero-order valence-corrected chi connectivity index (χ0v) is 7.43. The van der Waals surface area contributed by atoms with Crippen LogP contribution >= 0.6 is 0 Å². The zero-order chi connectivity index (χ0) is 6.83. The molecule has 0 rings (SSSR count). The van der Waals surface area contributed by atoms with E-state index in [4.69, 9.17) is 5.11 Å². The van der Waals surface area contributed by atoms with Gasteiger partial charge < -0.3 is 5.11 Å². The average Bonchev–Trinajstić information content (AvgIpc) is 1.88. The molecule has 0 bridgehead atoms. The monoisotopic (exact) mass is 130 g/mol. The van der Waals surface area contributed by atoms with Crippen LogP contribution < -0.4 is 0 Å². The Hall–Kier alpha value is -0.343. The molecular formula is C6H14OSi. The molecule has 0 aliphatic rings. The molecule has 0 heterocycles. The second kappa shape index (κ2) is 15.9. The van der Waals surface area contributed by atoms with E-state index in [1.54, 1.807) is 0 Å². The molecule has 0 amide bonds. The number of aliphatic hydroxyl groups excluding tert-OH is 1. The maximum Gasteiger partial charge on any atom is 0.0609 e. The van der Waals surface area contributed by atoms with E-state index >= 15 is 0 Å². The summed E-state index contributed by atoms with van der Waals surface area (Å²) in [7, 11) is 1.27. The maximum absolute atomic E-state index is 7.76. The lowest BCUT2D eigenvalue weighted by atomic mass is 10.7. The molecule has 0 radical (unpaired) electrons. The first-order valence-corrected chi connectivity index (χ1v) is 4.07. The summed E-state index contributed by atoms with van der Waals surface area (Å²) in [5.41, 5.74) is 0. The van der Waals surface area contributed by atoms with Crippen molar-refractivity contribution in [3.05, 3.63) is 25.3 Å². The van der Waals surface area contributed by atoms with Crippen LogP contribution in [-0.4, -0.2) is 22.0 Å². The van der Waals surface area contributed by atoms with Crippen LogP contribution in [0.25, 0.3) is 0 Å². The Bertz CT molecular complexity index is 44.5. The fraction of sp³-hybridized carbons (Fsp3) is 0.333. The van der Waals surface area contributed by atoms with E-state index in [1.165, 1.54) is 22.4 Å². The first kappa shape index (κ1) is 10.6. The first-order valence-electron chi connectivity index (χ1n) is 2.66. The lowest BCUT2D eigenvalue weighted by Crippen LogP contribution is -1.62. The van der Waals surface area contributed by atoms with E-state index in [9.17, 15) is 0 Å². The van der Waals surface area contributed by atoms with Gasteiger partial charge in [0.15, 0.2) is 0 Å². The normalized spacial score (nSPS) is 6.62. The fourth-order valence-corrected chi connectivity index (χ4v) is 0. The Kier molecular flexibility index (Phi) is 21.1. The second-order valence-electron chi connectivity index (χ2n) is 1.17. The summed E-state index contributed by atoms with van der Waals surface area (Å²) >= 11 is 0. The summed E-state index contributed by atoms with van der Waals surface area (Å²) < 4.78 is 0. The first-order chi connectivity index (χ1) is 3.83. The molecule has 0 saturated carbocycles. The molecule has 0 fully saturated rings. The Morgan fingerprint density at radius 3 is 1.62 bits per heavy atom. The molecule has 0 aromatic carbocycles. The molecule has 48 valence electrons. The Labute approximate surface area is 54.2 Å². The van der Waals surface area contributed by atoms with Crippen LogP contribution in [0.1, 0.15) is 0 Å². The molecule has 0 spiro atoms. The SMILES string of the molecule is C=CCO.C=CC[SiH3]. The predicted octanol–water partition coefficient (Wildman–Crippen LogP) is 0.121. The zero-order valence-electron chi connectivity index (χ0n) is 5.43. The standard InChI is InChI=1S/C3H6O.C3H8Si/c2*1-2-3-4/h2,4H,1,3H2;2H,1,3H2,4H3. The molecule has 0 saturated heterocycles. The molecule has 0 unspecified atom stereocenters. The third-order valence-electron chi connectivity index (χ3n) is 0.418. The van der Waals surface area contributed by atoms with Crippen LogP contribution in [0.4, 0.5) is 0 Å². The van der Waals surface area contributed by atoms with E-state index in [0.717, 1.165) is 0 Å². The summed E-state index contributed by atoms with van der Waals surface area (Å²) in [6.07, 6.45) is 3.37. The van der Waals surface area contributed by atoms with Crippen LogP contribution in [0, 0.1) is 0 Å². The molecule has 0 atom stereocenters. The van der Waals surface area contributed by atoms with E-state index in [-0.39, 0.29) is 6.61 Å². The number of aliphatic hydroxyl groups is 1. The Morgan fingerprint density at radius 2 is 1.62 bits per heavy atom. The van der Waals surface area contributed by atoms with Gasteiger partial charge in [0, 0.05) is 10.2 Å². The third kappa shape index (κ3) is 44.7. The largest absolute Gasteiger partial charge is 0.392 e. The topological polar surface area (TPSA) is 20.2 Å². The molecule has 1 nitrogen and oxygen atoms in total. The fourth-order valence-electron chi connectivity index (χ4n) is 0. The van der Waals surface area contributed by atoms with E-state index in [2.05, 4.69) is 13.2 Å². The molecule has 0 aromatic heterocycles. The predicted molar refractivity (Wildman–Crippen MR) is 42.2 cm³/mol. The smallest absolute Gasteiger partial charge is 0.0609 e. The van der Waals surface area contributed by atoms with Gasteiger partial charge in [-0.15, -0.1) is 13.2 Å². The summed E-state index contributed by atoms with van der Waals surface area (Å²) in [4.78, 5) is 0. The molecule has 0 aliphatic carbocycles. The third-order valence-corrected chi connectivity index (χ3v) is 0.995. The highest BCUT2D eigenvalue weighted by atomic mass is 28.1. The van der Waals surface area contributed by atoms with E-state index in [0.29, 0.717) is 0 Å². The van der Waals surface area contributed by atoms with Crippen molar-refractivity contribution in [3.8, 4) is 0 Å². The molecule has 0 aliphatic heterocycles. The number of hydrogen-bond acceptors (Lipinski definition) is 1. The molecule has 2 heteroatoms. The van der Waals surface area contributed by atoms with Gasteiger partial charge in [-0.25, -0.2) is 0 Å². The summed E-state index contributed by atoms with van der Waals surface area (Å²) in [6.45, 7) is 6.83. The van der Waals surface area contributed by atoms with Gasteiger partial charge >= 0.3 is 0 Å². The van der Waals surface area contributed by atoms with Crippen LogP contribution in [-0.2, 0) is 0 Å². The Morgan fingerprint density at radius 1 is 1.38 bits per heavy atom. The minimum atomic E-state index is 0.0833. The number of rotatable bonds is 2. The molecule has 0 aromatic rings. The van der Waals surface area contributed by atoms with Crippen LogP contribution in [0.2, 0.25) is 6.04 Å². The van der Waals surface area contributed by atoms with Gasteiger partial charge in [-0.05, 0) is 6.04 Å². The Balaban J connectivity index is 0. The second-order valence-corrected chi connectivity index (χ2v) is 1.98. The van der Waals surface area contributed by atoms with E-state index in [1.807, 2.05) is 6.08 Å². The van der Waals surface area contributed by atoms with E-state index < -0.39 is 0 Å².